The van der Waals surface area contributed by atoms with Crippen LogP contribution in [0.15, 0.2) is 0 Å². The molecule has 1 unspecified atom stereocenters. The van der Waals surface area contributed by atoms with E-state index in [1.54, 1.807) is 11.4 Å². The minimum Gasteiger partial charge on any atom is -0.354 e. The van der Waals surface area contributed by atoms with Gasteiger partial charge in [0.25, 0.3) is 0 Å². The normalized spacial score (nSPS) is 18.1. The Hall–Kier alpha value is -2.24. The first-order valence-corrected chi connectivity index (χ1v) is 8.42. The number of halogens is 3. The van der Waals surface area contributed by atoms with E-state index in [0.717, 1.165) is 5.01 Å². The third kappa shape index (κ3) is 3.57. The summed E-state index contributed by atoms with van der Waals surface area (Å²) in [4.78, 5) is 24.7. The van der Waals surface area contributed by atoms with Gasteiger partial charge in [-0.15, -0.1) is 10.2 Å². The number of hydrogen-bond donors (Lipinski definition) is 1. The summed E-state index contributed by atoms with van der Waals surface area (Å²) < 4.78 is 39.3. The molecule has 0 aromatic carbocycles. The number of aromatic nitrogens is 4. The summed E-state index contributed by atoms with van der Waals surface area (Å²) >= 11 is 1.32. The molecule has 0 aliphatic carbocycles. The molecule has 8 nitrogen and oxygen atoms in total. The van der Waals surface area contributed by atoms with Crippen molar-refractivity contribution in [2.24, 2.45) is 0 Å². The number of likely N-dealkylation sites (tertiary alicyclic amines) is 1. The number of carbonyl (C=O) groups excluding carboxylic acids is 2. The van der Waals surface area contributed by atoms with E-state index < -0.39 is 24.0 Å². The van der Waals surface area contributed by atoms with Gasteiger partial charge in [0.05, 0.1) is 0 Å². The van der Waals surface area contributed by atoms with E-state index in [-0.39, 0.29) is 19.5 Å². The summed E-state index contributed by atoms with van der Waals surface area (Å²) in [5.41, 5.74) is 0. The number of alkyl halides is 3. The van der Waals surface area contributed by atoms with Crippen LogP contribution in [0.25, 0.3) is 4.96 Å². The number of rotatable bonds is 4. The monoisotopic (exact) mass is 376 g/mol. The summed E-state index contributed by atoms with van der Waals surface area (Å²) in [6.45, 7) is 1.91. The van der Waals surface area contributed by atoms with Crippen molar-refractivity contribution in [1.82, 2.24) is 30.0 Å². The first kappa shape index (κ1) is 17.6. The fourth-order valence-electron chi connectivity index (χ4n) is 2.71. The zero-order valence-electron chi connectivity index (χ0n) is 13.2. The third-order valence-electron chi connectivity index (χ3n) is 3.89. The Morgan fingerprint density at radius 3 is 2.80 bits per heavy atom. The number of nitrogens with zero attached hydrogens (tertiary/aromatic N) is 5. The topological polar surface area (TPSA) is 92.5 Å². The average molecular weight is 376 g/mol. The molecule has 1 aliphatic heterocycles. The van der Waals surface area contributed by atoms with Gasteiger partial charge in [-0.2, -0.15) is 22.8 Å². The van der Waals surface area contributed by atoms with Crippen molar-refractivity contribution in [1.29, 1.82) is 0 Å². The minimum atomic E-state index is -4.97. The van der Waals surface area contributed by atoms with Gasteiger partial charge >= 0.3 is 12.1 Å². The molecule has 2 aromatic rings. The van der Waals surface area contributed by atoms with E-state index in [9.17, 15) is 22.8 Å². The highest BCUT2D eigenvalue weighted by Gasteiger charge is 2.47. The SMILES string of the molecule is Cc1nnc2sc(CCNC(=O)C3CCCN3C(=O)C(F)(F)F)nn12. The molecule has 0 saturated carbocycles. The number of carbonyl (C=O) groups is 2. The Balaban J connectivity index is 1.55. The molecule has 12 heteroatoms. The Morgan fingerprint density at radius 1 is 1.36 bits per heavy atom. The van der Waals surface area contributed by atoms with Gasteiger partial charge in [0.15, 0.2) is 5.82 Å². The summed E-state index contributed by atoms with van der Waals surface area (Å²) in [7, 11) is 0. The largest absolute Gasteiger partial charge is 0.471 e. The van der Waals surface area contributed by atoms with Crippen LogP contribution < -0.4 is 5.32 Å². The molecule has 1 fully saturated rings. The summed E-state index contributed by atoms with van der Waals surface area (Å²) in [6, 6.07) is -1.07. The predicted octanol–water partition coefficient (Wildman–Crippen LogP) is 0.706. The second-order valence-corrected chi connectivity index (χ2v) is 6.67. The molecule has 25 heavy (non-hydrogen) atoms. The van der Waals surface area contributed by atoms with Crippen LogP contribution in [-0.2, 0) is 16.0 Å². The van der Waals surface area contributed by atoms with Crippen LogP contribution >= 0.6 is 11.3 Å². The van der Waals surface area contributed by atoms with E-state index in [0.29, 0.717) is 28.5 Å². The highest BCUT2D eigenvalue weighted by Crippen LogP contribution is 2.25. The molecule has 3 heterocycles. The molecule has 0 bridgehead atoms. The smallest absolute Gasteiger partial charge is 0.354 e. The Kier molecular flexibility index (Phi) is 4.62. The Labute approximate surface area is 144 Å². The van der Waals surface area contributed by atoms with Gasteiger partial charge in [0.1, 0.15) is 11.0 Å². The van der Waals surface area contributed by atoms with E-state index in [1.807, 2.05) is 0 Å². The average Bonchev–Trinajstić information content (AvgIpc) is 3.23. The Morgan fingerprint density at radius 2 is 2.12 bits per heavy atom. The molecular weight excluding hydrogens is 361 g/mol. The molecule has 2 amide bonds. The molecule has 1 aliphatic rings. The van der Waals surface area contributed by atoms with Crippen molar-refractivity contribution >= 4 is 28.1 Å². The molecule has 1 atom stereocenters. The highest BCUT2D eigenvalue weighted by atomic mass is 32.1. The zero-order valence-corrected chi connectivity index (χ0v) is 14.0. The zero-order chi connectivity index (χ0) is 18.2. The number of nitrogens with one attached hydrogen (secondary N) is 1. The van der Waals surface area contributed by atoms with Gasteiger partial charge in [-0.3, -0.25) is 9.59 Å². The molecular formula is C13H15F3N6O2S. The van der Waals surface area contributed by atoms with Crippen molar-refractivity contribution in [3.8, 4) is 0 Å². The van der Waals surface area contributed by atoms with Crippen LogP contribution in [0.4, 0.5) is 13.2 Å². The molecule has 0 radical (unpaired) electrons. The molecule has 136 valence electrons. The second-order valence-electron chi connectivity index (χ2n) is 5.63. The van der Waals surface area contributed by atoms with Gasteiger partial charge < -0.3 is 10.2 Å². The van der Waals surface area contributed by atoms with E-state index in [1.165, 1.54) is 11.3 Å². The van der Waals surface area contributed by atoms with Crippen LogP contribution in [0.3, 0.4) is 0 Å². The lowest BCUT2D eigenvalue weighted by Gasteiger charge is -2.24. The standard InChI is InChI=1S/C13H15F3N6O2S/c1-7-18-19-12-22(7)20-9(25-12)4-5-17-10(23)8-3-2-6-21(8)11(24)13(14,15)16/h8H,2-6H2,1H3,(H,17,23). The summed E-state index contributed by atoms with van der Waals surface area (Å²) in [5, 5.41) is 15.4. The number of hydrogen-bond acceptors (Lipinski definition) is 6. The third-order valence-corrected chi connectivity index (χ3v) is 4.84. The first-order chi connectivity index (χ1) is 11.8. The highest BCUT2D eigenvalue weighted by molar-refractivity contribution is 7.16. The van der Waals surface area contributed by atoms with Crippen molar-refractivity contribution in [3.05, 3.63) is 10.8 Å². The fourth-order valence-corrected chi connectivity index (χ4v) is 3.59. The van der Waals surface area contributed by atoms with Gasteiger partial charge in [-0.1, -0.05) is 11.3 Å². The van der Waals surface area contributed by atoms with Gasteiger partial charge in [-0.05, 0) is 19.8 Å². The number of amides is 2. The maximum atomic E-state index is 12.6. The van der Waals surface area contributed by atoms with Crippen molar-refractivity contribution in [3.63, 3.8) is 0 Å². The summed E-state index contributed by atoms with van der Waals surface area (Å²) in [5.74, 6) is -1.89. The fraction of sp³-hybridized carbons (Fsp3) is 0.615. The van der Waals surface area contributed by atoms with E-state index in [2.05, 4.69) is 20.6 Å². The lowest BCUT2D eigenvalue weighted by Crippen LogP contribution is -2.50. The molecule has 1 N–H and O–H groups in total. The van der Waals surface area contributed by atoms with Crippen LogP contribution in [0.2, 0.25) is 0 Å². The number of aryl methyl sites for hydroxylation is 1. The molecule has 2 aromatic heterocycles. The van der Waals surface area contributed by atoms with Gasteiger partial charge in [-0.25, -0.2) is 0 Å². The predicted molar refractivity (Wildman–Crippen MR) is 80.9 cm³/mol. The van der Waals surface area contributed by atoms with Crippen molar-refractivity contribution < 1.29 is 22.8 Å². The van der Waals surface area contributed by atoms with Crippen LogP contribution in [0.1, 0.15) is 23.7 Å². The molecule has 0 spiro atoms. The lowest BCUT2D eigenvalue weighted by atomic mass is 10.2. The van der Waals surface area contributed by atoms with Gasteiger partial charge in [0.2, 0.25) is 10.9 Å². The second kappa shape index (κ2) is 6.58. The molecule has 1 saturated heterocycles. The van der Waals surface area contributed by atoms with Crippen molar-refractivity contribution in [2.75, 3.05) is 13.1 Å². The van der Waals surface area contributed by atoms with E-state index >= 15 is 0 Å². The van der Waals surface area contributed by atoms with Crippen molar-refractivity contribution in [2.45, 2.75) is 38.4 Å². The Bertz CT molecular complexity index is 801. The van der Waals surface area contributed by atoms with E-state index in [4.69, 9.17) is 0 Å². The van der Waals surface area contributed by atoms with Crippen LogP contribution in [-0.4, -0.2) is 61.8 Å². The van der Waals surface area contributed by atoms with Gasteiger partial charge in [0, 0.05) is 19.5 Å². The van der Waals surface area contributed by atoms with Crippen LogP contribution in [0, 0.1) is 6.92 Å². The quantitative estimate of drug-likeness (QED) is 0.848. The lowest BCUT2D eigenvalue weighted by molar-refractivity contribution is -0.186. The first-order valence-electron chi connectivity index (χ1n) is 7.60. The number of fused-ring (bicyclic) bond motifs is 1. The molecule has 3 rings (SSSR count). The summed E-state index contributed by atoms with van der Waals surface area (Å²) in [6.07, 6.45) is -3.96. The maximum absolute atomic E-state index is 12.6. The minimum absolute atomic E-state index is 0.0631. The maximum Gasteiger partial charge on any atom is 0.471 e. The van der Waals surface area contributed by atoms with Crippen LogP contribution in [0.5, 0.6) is 0 Å².